The second-order valence-corrected chi connectivity index (χ2v) is 5.45. The van der Waals surface area contributed by atoms with Crippen LogP contribution in [-0.2, 0) is 4.74 Å². The highest BCUT2D eigenvalue weighted by Crippen LogP contribution is 2.33. The molecule has 3 heteroatoms. The fourth-order valence-electron chi connectivity index (χ4n) is 2.96. The van der Waals surface area contributed by atoms with Crippen molar-refractivity contribution >= 4 is 5.69 Å². The van der Waals surface area contributed by atoms with Crippen LogP contribution in [0, 0.1) is 0 Å². The molecule has 2 bridgehead atoms. The summed E-state index contributed by atoms with van der Waals surface area (Å²) in [7, 11) is 0. The Morgan fingerprint density at radius 2 is 2.00 bits per heavy atom. The van der Waals surface area contributed by atoms with E-state index in [4.69, 9.17) is 4.74 Å². The molecule has 1 aromatic rings. The molecule has 0 N–H and O–H groups in total. The zero-order chi connectivity index (χ0) is 11.8. The van der Waals surface area contributed by atoms with Gasteiger partial charge in [0.15, 0.2) is 0 Å². The fourth-order valence-corrected chi connectivity index (χ4v) is 2.96. The van der Waals surface area contributed by atoms with E-state index >= 15 is 0 Å². The number of hydrogen-bond donors (Lipinski definition) is 0. The molecule has 17 heavy (non-hydrogen) atoms. The average molecular weight is 232 g/mol. The van der Waals surface area contributed by atoms with Crippen molar-refractivity contribution in [2.45, 2.75) is 44.8 Å². The zero-order valence-electron chi connectivity index (χ0n) is 10.6. The number of pyridine rings is 1. The predicted octanol–water partition coefficient (Wildman–Crippen LogP) is 2.57. The largest absolute Gasteiger partial charge is 0.371 e. The number of nitrogens with zero attached hydrogens (tertiary/aromatic N) is 2. The molecule has 0 aliphatic carbocycles. The van der Waals surface area contributed by atoms with E-state index in [2.05, 4.69) is 29.8 Å². The predicted molar refractivity (Wildman–Crippen MR) is 68.4 cm³/mol. The van der Waals surface area contributed by atoms with Gasteiger partial charge >= 0.3 is 0 Å². The van der Waals surface area contributed by atoms with E-state index in [1.165, 1.54) is 24.1 Å². The van der Waals surface area contributed by atoms with Crippen LogP contribution in [-0.4, -0.2) is 30.3 Å². The van der Waals surface area contributed by atoms with Crippen molar-refractivity contribution in [1.29, 1.82) is 0 Å². The van der Waals surface area contributed by atoms with E-state index in [0.717, 1.165) is 13.1 Å². The average Bonchev–Trinajstić information content (AvgIpc) is 2.68. The van der Waals surface area contributed by atoms with Gasteiger partial charge in [-0.25, -0.2) is 0 Å². The summed E-state index contributed by atoms with van der Waals surface area (Å²) >= 11 is 0. The lowest BCUT2D eigenvalue weighted by molar-refractivity contribution is 0.0304. The molecular formula is C14H20N2O. The van der Waals surface area contributed by atoms with E-state index in [1.807, 2.05) is 12.4 Å². The van der Waals surface area contributed by atoms with Gasteiger partial charge in [-0.15, -0.1) is 0 Å². The van der Waals surface area contributed by atoms with Gasteiger partial charge in [0.25, 0.3) is 0 Å². The number of ether oxygens (including phenoxy) is 1. The summed E-state index contributed by atoms with van der Waals surface area (Å²) in [5.74, 6) is 0.550. The fraction of sp³-hybridized carbons (Fsp3) is 0.643. The quantitative estimate of drug-likeness (QED) is 0.783. The van der Waals surface area contributed by atoms with Crippen LogP contribution >= 0.6 is 0 Å². The van der Waals surface area contributed by atoms with Crippen LogP contribution in [0.5, 0.6) is 0 Å². The lowest BCUT2D eigenvalue weighted by Crippen LogP contribution is -2.43. The Balaban J connectivity index is 1.88. The van der Waals surface area contributed by atoms with Crippen molar-refractivity contribution in [3.05, 3.63) is 24.0 Å². The van der Waals surface area contributed by atoms with E-state index in [1.54, 1.807) is 0 Å². The Hall–Kier alpha value is -1.09. The van der Waals surface area contributed by atoms with Crippen molar-refractivity contribution in [2.24, 2.45) is 0 Å². The first-order chi connectivity index (χ1) is 8.24. The molecule has 0 aromatic carbocycles. The number of morpholine rings is 1. The highest BCUT2D eigenvalue weighted by atomic mass is 16.5. The molecule has 92 valence electrons. The molecule has 0 amide bonds. The summed E-state index contributed by atoms with van der Waals surface area (Å²) in [6.45, 7) is 6.55. The summed E-state index contributed by atoms with van der Waals surface area (Å²) in [5.41, 5.74) is 2.71. The van der Waals surface area contributed by atoms with Gasteiger partial charge in [-0.1, -0.05) is 13.8 Å². The van der Waals surface area contributed by atoms with Gasteiger partial charge in [0.2, 0.25) is 0 Å². The van der Waals surface area contributed by atoms with Gasteiger partial charge in [-0.05, 0) is 30.4 Å². The minimum Gasteiger partial charge on any atom is -0.371 e. The molecule has 0 spiro atoms. The molecule has 2 aliphatic rings. The molecule has 1 aromatic heterocycles. The summed E-state index contributed by atoms with van der Waals surface area (Å²) in [6.07, 6.45) is 7.23. The molecule has 2 saturated heterocycles. The first-order valence-electron chi connectivity index (χ1n) is 6.58. The lowest BCUT2D eigenvalue weighted by Gasteiger charge is -2.35. The van der Waals surface area contributed by atoms with Crippen LogP contribution in [0.25, 0.3) is 0 Å². The first-order valence-corrected chi connectivity index (χ1v) is 6.58. The highest BCUT2D eigenvalue weighted by molar-refractivity contribution is 5.53. The van der Waals surface area contributed by atoms with Gasteiger partial charge in [-0.2, -0.15) is 0 Å². The Bertz CT molecular complexity index is 393. The third-order valence-corrected chi connectivity index (χ3v) is 3.84. The van der Waals surface area contributed by atoms with Crippen molar-refractivity contribution in [3.8, 4) is 0 Å². The molecule has 3 rings (SSSR count). The maximum atomic E-state index is 5.89. The van der Waals surface area contributed by atoms with Crippen molar-refractivity contribution < 1.29 is 4.74 Å². The van der Waals surface area contributed by atoms with Crippen molar-refractivity contribution in [3.63, 3.8) is 0 Å². The number of anilines is 1. The molecule has 3 nitrogen and oxygen atoms in total. The minimum absolute atomic E-state index is 0.439. The molecule has 0 saturated carbocycles. The Kier molecular flexibility index (Phi) is 2.79. The van der Waals surface area contributed by atoms with Gasteiger partial charge < -0.3 is 9.64 Å². The number of rotatable bonds is 2. The molecule has 3 heterocycles. The van der Waals surface area contributed by atoms with Crippen LogP contribution < -0.4 is 4.90 Å². The molecule has 0 unspecified atom stereocenters. The zero-order valence-corrected chi connectivity index (χ0v) is 10.6. The molecular weight excluding hydrogens is 212 g/mol. The van der Waals surface area contributed by atoms with Crippen LogP contribution in [0.4, 0.5) is 5.69 Å². The number of fused-ring (bicyclic) bond motifs is 2. The Labute approximate surface area is 103 Å². The van der Waals surface area contributed by atoms with Gasteiger partial charge in [0, 0.05) is 19.3 Å². The van der Waals surface area contributed by atoms with Gasteiger partial charge in [0.05, 0.1) is 24.1 Å². The maximum Gasteiger partial charge on any atom is 0.0755 e. The van der Waals surface area contributed by atoms with Crippen molar-refractivity contribution in [2.75, 3.05) is 18.0 Å². The van der Waals surface area contributed by atoms with E-state index in [-0.39, 0.29) is 0 Å². The summed E-state index contributed by atoms with van der Waals surface area (Å²) in [4.78, 5) is 6.76. The molecule has 2 atom stereocenters. The summed E-state index contributed by atoms with van der Waals surface area (Å²) < 4.78 is 5.89. The van der Waals surface area contributed by atoms with Crippen molar-refractivity contribution in [1.82, 2.24) is 4.98 Å². The lowest BCUT2D eigenvalue weighted by atomic mass is 10.0. The normalized spacial score (nSPS) is 27.8. The van der Waals surface area contributed by atoms with Crippen LogP contribution in [0.3, 0.4) is 0 Å². The monoisotopic (exact) mass is 232 g/mol. The van der Waals surface area contributed by atoms with E-state index in [9.17, 15) is 0 Å². The molecule has 2 fully saturated rings. The standard InChI is InChI=1S/C14H20N2O/c1-10(2)13-5-6-15-7-14(13)16-8-11-3-4-12(9-16)17-11/h5-7,10-12H,3-4,8-9H2,1-2H3/t11-,12+. The molecule has 0 radical (unpaired) electrons. The SMILES string of the molecule is CC(C)c1ccncc1N1C[C@H]2CC[C@@H](C1)O2. The second-order valence-electron chi connectivity index (χ2n) is 5.45. The van der Waals surface area contributed by atoms with E-state index in [0.29, 0.717) is 18.1 Å². The minimum atomic E-state index is 0.439. The van der Waals surface area contributed by atoms with E-state index < -0.39 is 0 Å². The summed E-state index contributed by atoms with van der Waals surface area (Å²) in [6, 6.07) is 2.15. The summed E-state index contributed by atoms with van der Waals surface area (Å²) in [5, 5.41) is 0. The van der Waals surface area contributed by atoms with Crippen LogP contribution in [0.15, 0.2) is 18.5 Å². The van der Waals surface area contributed by atoms with Gasteiger partial charge in [-0.3, -0.25) is 4.98 Å². The third-order valence-electron chi connectivity index (χ3n) is 3.84. The number of hydrogen-bond acceptors (Lipinski definition) is 3. The van der Waals surface area contributed by atoms with Crippen LogP contribution in [0.1, 0.15) is 38.2 Å². The topological polar surface area (TPSA) is 25.4 Å². The second kappa shape index (κ2) is 4.30. The first kappa shape index (κ1) is 11.0. The Morgan fingerprint density at radius 1 is 1.29 bits per heavy atom. The highest BCUT2D eigenvalue weighted by Gasteiger charge is 2.34. The smallest absolute Gasteiger partial charge is 0.0755 e. The van der Waals surface area contributed by atoms with Gasteiger partial charge in [0.1, 0.15) is 0 Å². The van der Waals surface area contributed by atoms with Crippen LogP contribution in [0.2, 0.25) is 0 Å². The number of aromatic nitrogens is 1. The third kappa shape index (κ3) is 2.04. The molecule has 2 aliphatic heterocycles. The maximum absolute atomic E-state index is 5.89. The Morgan fingerprint density at radius 3 is 2.65 bits per heavy atom.